The minimum Gasteiger partial charge on any atom is -0.465 e. The molecule has 0 bridgehead atoms. The van der Waals surface area contributed by atoms with Crippen molar-refractivity contribution in [3.63, 3.8) is 0 Å². The first-order chi connectivity index (χ1) is 11.7. The van der Waals surface area contributed by atoms with Gasteiger partial charge in [-0.15, -0.1) is 0 Å². The molecule has 0 radical (unpaired) electrons. The number of aryl methyl sites for hydroxylation is 1. The molecule has 0 spiro atoms. The SMILES string of the molecule is CCOC(=O)CN1CCCN(C(=O)CCCc2ccccc2)CC1. The van der Waals surface area contributed by atoms with Gasteiger partial charge in [0, 0.05) is 32.6 Å². The van der Waals surface area contributed by atoms with Gasteiger partial charge in [0.1, 0.15) is 0 Å². The zero-order valence-electron chi connectivity index (χ0n) is 14.6. The second kappa shape index (κ2) is 10.1. The second-order valence-corrected chi connectivity index (χ2v) is 6.15. The maximum absolute atomic E-state index is 12.4. The Labute approximate surface area is 144 Å². The highest BCUT2D eigenvalue weighted by molar-refractivity contribution is 5.76. The number of benzene rings is 1. The van der Waals surface area contributed by atoms with Crippen LogP contribution in [0.4, 0.5) is 0 Å². The Morgan fingerprint density at radius 3 is 2.62 bits per heavy atom. The molecular formula is C19H28N2O3. The molecule has 24 heavy (non-hydrogen) atoms. The van der Waals surface area contributed by atoms with Gasteiger partial charge < -0.3 is 9.64 Å². The molecule has 0 N–H and O–H groups in total. The van der Waals surface area contributed by atoms with Crippen LogP contribution >= 0.6 is 0 Å². The van der Waals surface area contributed by atoms with Crippen molar-refractivity contribution in [3.05, 3.63) is 35.9 Å². The van der Waals surface area contributed by atoms with E-state index in [2.05, 4.69) is 17.0 Å². The molecule has 0 saturated carbocycles. The van der Waals surface area contributed by atoms with Gasteiger partial charge in [-0.1, -0.05) is 30.3 Å². The number of hydrogen-bond donors (Lipinski definition) is 0. The zero-order valence-corrected chi connectivity index (χ0v) is 14.6. The van der Waals surface area contributed by atoms with Gasteiger partial charge in [0.05, 0.1) is 13.2 Å². The van der Waals surface area contributed by atoms with Crippen molar-refractivity contribution >= 4 is 11.9 Å². The average molecular weight is 332 g/mol. The Bertz CT molecular complexity index is 519. The number of ether oxygens (including phenoxy) is 1. The van der Waals surface area contributed by atoms with Gasteiger partial charge in [-0.05, 0) is 31.7 Å². The third kappa shape index (κ3) is 6.32. The predicted molar refractivity (Wildman–Crippen MR) is 93.7 cm³/mol. The fourth-order valence-electron chi connectivity index (χ4n) is 3.01. The van der Waals surface area contributed by atoms with Crippen LogP contribution in [0, 0.1) is 0 Å². The first kappa shape index (κ1) is 18.5. The van der Waals surface area contributed by atoms with Gasteiger partial charge in [0.25, 0.3) is 0 Å². The summed E-state index contributed by atoms with van der Waals surface area (Å²) in [5.74, 6) is 0.0454. The van der Waals surface area contributed by atoms with E-state index in [-0.39, 0.29) is 11.9 Å². The van der Waals surface area contributed by atoms with Gasteiger partial charge in [-0.3, -0.25) is 14.5 Å². The van der Waals surface area contributed by atoms with E-state index < -0.39 is 0 Å². The lowest BCUT2D eigenvalue weighted by Gasteiger charge is -2.21. The van der Waals surface area contributed by atoms with Gasteiger partial charge >= 0.3 is 5.97 Å². The van der Waals surface area contributed by atoms with E-state index >= 15 is 0 Å². The smallest absolute Gasteiger partial charge is 0.320 e. The Morgan fingerprint density at radius 2 is 1.88 bits per heavy atom. The highest BCUT2D eigenvalue weighted by Crippen LogP contribution is 2.09. The molecule has 1 aliphatic heterocycles. The molecule has 132 valence electrons. The van der Waals surface area contributed by atoms with Gasteiger partial charge in [-0.2, -0.15) is 0 Å². The van der Waals surface area contributed by atoms with Crippen LogP contribution in [0.1, 0.15) is 31.7 Å². The number of carbonyl (C=O) groups is 2. The fraction of sp³-hybridized carbons (Fsp3) is 0.579. The lowest BCUT2D eigenvalue weighted by molar-refractivity contribution is -0.144. The zero-order chi connectivity index (χ0) is 17.2. The van der Waals surface area contributed by atoms with Gasteiger partial charge in [-0.25, -0.2) is 0 Å². The number of carbonyl (C=O) groups excluding carboxylic acids is 2. The lowest BCUT2D eigenvalue weighted by atomic mass is 10.1. The first-order valence-electron chi connectivity index (χ1n) is 8.88. The summed E-state index contributed by atoms with van der Waals surface area (Å²) in [7, 11) is 0. The molecule has 1 saturated heterocycles. The maximum atomic E-state index is 12.4. The van der Waals surface area contributed by atoms with E-state index in [0.29, 0.717) is 26.1 Å². The molecule has 0 unspecified atom stereocenters. The quantitative estimate of drug-likeness (QED) is 0.718. The maximum Gasteiger partial charge on any atom is 0.320 e. The Balaban J connectivity index is 1.70. The summed E-state index contributed by atoms with van der Waals surface area (Å²) in [5.41, 5.74) is 1.28. The van der Waals surface area contributed by atoms with Crippen LogP contribution in [0.5, 0.6) is 0 Å². The largest absolute Gasteiger partial charge is 0.465 e. The number of hydrogen-bond acceptors (Lipinski definition) is 4. The van der Waals surface area contributed by atoms with Crippen LogP contribution in [-0.4, -0.2) is 61.0 Å². The summed E-state index contributed by atoms with van der Waals surface area (Å²) in [4.78, 5) is 28.0. The Hall–Kier alpha value is -1.88. The summed E-state index contributed by atoms with van der Waals surface area (Å²) in [6.07, 6.45) is 3.32. The van der Waals surface area contributed by atoms with Crippen LogP contribution in [0.25, 0.3) is 0 Å². The minimum absolute atomic E-state index is 0.180. The molecule has 1 heterocycles. The summed E-state index contributed by atoms with van der Waals surface area (Å²) in [5, 5.41) is 0. The molecule has 1 fully saturated rings. The van der Waals surface area contributed by atoms with E-state index in [0.717, 1.165) is 38.9 Å². The van der Waals surface area contributed by atoms with Crippen molar-refractivity contribution in [3.8, 4) is 0 Å². The Kier molecular flexibility index (Phi) is 7.75. The predicted octanol–water partition coefficient (Wildman–Crippen LogP) is 2.11. The highest BCUT2D eigenvalue weighted by Gasteiger charge is 2.20. The molecule has 0 atom stereocenters. The van der Waals surface area contributed by atoms with E-state index in [1.807, 2.05) is 30.0 Å². The van der Waals surface area contributed by atoms with E-state index in [1.165, 1.54) is 5.56 Å². The molecule has 1 amide bonds. The van der Waals surface area contributed by atoms with Crippen LogP contribution < -0.4 is 0 Å². The van der Waals surface area contributed by atoms with Crippen LogP contribution in [0.3, 0.4) is 0 Å². The normalized spacial score (nSPS) is 15.8. The second-order valence-electron chi connectivity index (χ2n) is 6.15. The standard InChI is InChI=1S/C19H28N2O3/c1-2-24-19(23)16-20-12-7-13-21(15-14-20)18(22)11-6-10-17-8-4-3-5-9-17/h3-5,8-9H,2,6-7,10-16H2,1H3. The fourth-order valence-corrected chi connectivity index (χ4v) is 3.01. The van der Waals surface area contributed by atoms with Crippen molar-refractivity contribution in [2.45, 2.75) is 32.6 Å². The number of rotatable bonds is 7. The molecule has 5 nitrogen and oxygen atoms in total. The minimum atomic E-state index is -0.180. The first-order valence-corrected chi connectivity index (χ1v) is 8.88. The topological polar surface area (TPSA) is 49.9 Å². The average Bonchev–Trinajstić information content (AvgIpc) is 2.81. The number of amides is 1. The molecule has 5 heteroatoms. The Morgan fingerprint density at radius 1 is 1.08 bits per heavy atom. The van der Waals surface area contributed by atoms with Crippen LogP contribution in [0.15, 0.2) is 30.3 Å². The summed E-state index contributed by atoms with van der Waals surface area (Å²) in [6, 6.07) is 10.3. The monoisotopic (exact) mass is 332 g/mol. The van der Waals surface area contributed by atoms with E-state index in [1.54, 1.807) is 0 Å². The van der Waals surface area contributed by atoms with Crippen LogP contribution in [0.2, 0.25) is 0 Å². The van der Waals surface area contributed by atoms with Crippen LogP contribution in [-0.2, 0) is 20.7 Å². The number of esters is 1. The van der Waals surface area contributed by atoms with E-state index in [9.17, 15) is 9.59 Å². The molecule has 1 aliphatic rings. The summed E-state index contributed by atoms with van der Waals surface area (Å²) in [6.45, 7) is 5.61. The number of nitrogens with zero attached hydrogens (tertiary/aromatic N) is 2. The van der Waals surface area contributed by atoms with Crippen molar-refractivity contribution in [2.75, 3.05) is 39.3 Å². The van der Waals surface area contributed by atoms with Gasteiger partial charge in [0.2, 0.25) is 5.91 Å². The molecule has 1 aromatic carbocycles. The molecule has 1 aromatic rings. The summed E-state index contributed by atoms with van der Waals surface area (Å²) < 4.78 is 4.99. The molecular weight excluding hydrogens is 304 g/mol. The molecule has 2 rings (SSSR count). The lowest BCUT2D eigenvalue weighted by Crippen LogP contribution is -2.37. The molecule has 0 aliphatic carbocycles. The molecule has 0 aromatic heterocycles. The highest BCUT2D eigenvalue weighted by atomic mass is 16.5. The van der Waals surface area contributed by atoms with Crippen molar-refractivity contribution < 1.29 is 14.3 Å². The van der Waals surface area contributed by atoms with Crippen molar-refractivity contribution in [2.24, 2.45) is 0 Å². The summed E-state index contributed by atoms with van der Waals surface area (Å²) >= 11 is 0. The third-order valence-electron chi connectivity index (χ3n) is 4.30. The third-order valence-corrected chi connectivity index (χ3v) is 4.30. The van der Waals surface area contributed by atoms with E-state index in [4.69, 9.17) is 4.74 Å². The van der Waals surface area contributed by atoms with Gasteiger partial charge in [0.15, 0.2) is 0 Å². The van der Waals surface area contributed by atoms with Crippen molar-refractivity contribution in [1.82, 2.24) is 9.80 Å². The van der Waals surface area contributed by atoms with Crippen molar-refractivity contribution in [1.29, 1.82) is 0 Å².